The van der Waals surface area contributed by atoms with E-state index in [1.54, 1.807) is 55.6 Å². The molecule has 29 heavy (non-hydrogen) atoms. The second-order valence-corrected chi connectivity index (χ2v) is 6.76. The highest BCUT2D eigenvalue weighted by atomic mass is 35.5. The molecule has 0 atom stereocenters. The lowest BCUT2D eigenvalue weighted by molar-refractivity contribution is 0.300. The van der Waals surface area contributed by atoms with Gasteiger partial charge < -0.3 is 13.9 Å². The summed E-state index contributed by atoms with van der Waals surface area (Å²) >= 11 is 6.02. The molecule has 146 valence electrons. The van der Waals surface area contributed by atoms with Crippen molar-refractivity contribution in [3.8, 4) is 22.6 Å². The molecule has 0 unspecified atom stereocenters. The zero-order chi connectivity index (χ0) is 20.4. The highest BCUT2D eigenvalue weighted by molar-refractivity contribution is 6.31. The molecule has 4 nitrogen and oxygen atoms in total. The number of fused-ring (bicyclic) bond motifs is 1. The first-order chi connectivity index (χ1) is 14.1. The van der Waals surface area contributed by atoms with E-state index in [0.29, 0.717) is 33.1 Å². The van der Waals surface area contributed by atoms with Crippen LogP contribution in [0.15, 0.2) is 76.1 Å². The number of rotatable bonds is 5. The van der Waals surface area contributed by atoms with Crippen LogP contribution in [0.5, 0.6) is 11.5 Å². The van der Waals surface area contributed by atoms with Crippen molar-refractivity contribution in [2.45, 2.75) is 6.61 Å². The second-order valence-electron chi connectivity index (χ2n) is 6.35. The quantitative estimate of drug-likeness (QED) is 0.414. The van der Waals surface area contributed by atoms with Crippen LogP contribution in [0.4, 0.5) is 4.39 Å². The average molecular weight is 411 g/mol. The minimum atomic E-state index is -0.436. The summed E-state index contributed by atoms with van der Waals surface area (Å²) in [6, 6.07) is 16.5. The number of ether oxygens (including phenoxy) is 2. The second kappa shape index (κ2) is 7.97. The molecule has 0 amide bonds. The molecule has 0 spiro atoms. The molecule has 0 saturated carbocycles. The molecule has 0 bridgehead atoms. The van der Waals surface area contributed by atoms with Crippen LogP contribution in [-0.2, 0) is 6.61 Å². The van der Waals surface area contributed by atoms with Gasteiger partial charge in [-0.25, -0.2) is 4.39 Å². The highest BCUT2D eigenvalue weighted by Crippen LogP contribution is 2.26. The Kier molecular flexibility index (Phi) is 5.23. The van der Waals surface area contributed by atoms with E-state index in [1.807, 2.05) is 0 Å². The van der Waals surface area contributed by atoms with Gasteiger partial charge in [0.05, 0.1) is 23.1 Å². The molecule has 0 saturated heterocycles. The zero-order valence-corrected chi connectivity index (χ0v) is 16.2. The Bertz CT molecular complexity index is 1210. The van der Waals surface area contributed by atoms with Gasteiger partial charge in [-0.05, 0) is 42.0 Å². The summed E-state index contributed by atoms with van der Waals surface area (Å²) in [6.07, 6.45) is 1.42. The van der Waals surface area contributed by atoms with Crippen LogP contribution in [0.2, 0.25) is 5.02 Å². The maximum atomic E-state index is 13.9. The Hall–Kier alpha value is -3.31. The van der Waals surface area contributed by atoms with Gasteiger partial charge in [0, 0.05) is 11.6 Å². The molecule has 6 heteroatoms. The predicted molar refractivity (Wildman–Crippen MR) is 110 cm³/mol. The van der Waals surface area contributed by atoms with Gasteiger partial charge in [0.1, 0.15) is 35.8 Å². The number of hydrogen-bond donors (Lipinski definition) is 0. The standard InChI is InChI=1S/C23H16ClFO4/c1-27-15-7-5-14(6-8-15)18-12-29-22-11-16(9-10-17(22)23(18)26)28-13-19-20(24)3-2-4-21(19)25/h2-12H,13H2,1H3. The molecule has 0 N–H and O–H groups in total. The lowest BCUT2D eigenvalue weighted by atomic mass is 10.1. The Morgan fingerprint density at radius 1 is 1.03 bits per heavy atom. The van der Waals surface area contributed by atoms with Crippen molar-refractivity contribution in [3.63, 3.8) is 0 Å². The number of benzene rings is 3. The van der Waals surface area contributed by atoms with Gasteiger partial charge in [0.2, 0.25) is 0 Å². The van der Waals surface area contributed by atoms with Crippen molar-refractivity contribution >= 4 is 22.6 Å². The van der Waals surface area contributed by atoms with E-state index in [0.717, 1.165) is 5.56 Å². The van der Waals surface area contributed by atoms with Crippen LogP contribution in [0.1, 0.15) is 5.56 Å². The molecule has 0 radical (unpaired) electrons. The van der Waals surface area contributed by atoms with Gasteiger partial charge >= 0.3 is 0 Å². The molecule has 0 aliphatic carbocycles. The van der Waals surface area contributed by atoms with E-state index in [-0.39, 0.29) is 17.6 Å². The Morgan fingerprint density at radius 3 is 2.52 bits per heavy atom. The molecule has 0 aliphatic rings. The molecule has 0 aliphatic heterocycles. The maximum Gasteiger partial charge on any atom is 0.200 e. The largest absolute Gasteiger partial charge is 0.497 e. The van der Waals surface area contributed by atoms with Crippen LogP contribution in [0, 0.1) is 5.82 Å². The number of methoxy groups -OCH3 is 1. The summed E-state index contributed by atoms with van der Waals surface area (Å²) in [5.74, 6) is 0.710. The average Bonchev–Trinajstić information content (AvgIpc) is 2.74. The van der Waals surface area contributed by atoms with Gasteiger partial charge in [-0.15, -0.1) is 0 Å². The topological polar surface area (TPSA) is 48.7 Å². The summed E-state index contributed by atoms with van der Waals surface area (Å²) in [7, 11) is 1.58. The van der Waals surface area contributed by atoms with Gasteiger partial charge in [-0.1, -0.05) is 29.8 Å². The SMILES string of the molecule is COc1ccc(-c2coc3cc(OCc4c(F)cccc4Cl)ccc3c2=O)cc1. The Morgan fingerprint density at radius 2 is 1.79 bits per heavy atom. The van der Waals surface area contributed by atoms with Crippen LogP contribution < -0.4 is 14.9 Å². The highest BCUT2D eigenvalue weighted by Gasteiger charge is 2.12. The lowest BCUT2D eigenvalue weighted by Gasteiger charge is -2.10. The third kappa shape index (κ3) is 3.82. The van der Waals surface area contributed by atoms with Crippen molar-refractivity contribution in [1.82, 2.24) is 0 Å². The normalized spacial score (nSPS) is 10.9. The van der Waals surface area contributed by atoms with E-state index in [1.165, 1.54) is 18.4 Å². The first-order valence-electron chi connectivity index (χ1n) is 8.82. The van der Waals surface area contributed by atoms with Crippen molar-refractivity contribution in [1.29, 1.82) is 0 Å². The first-order valence-corrected chi connectivity index (χ1v) is 9.20. The van der Waals surface area contributed by atoms with Gasteiger partial charge in [0.25, 0.3) is 0 Å². The third-order valence-electron chi connectivity index (χ3n) is 4.59. The lowest BCUT2D eigenvalue weighted by Crippen LogP contribution is -2.05. The third-order valence-corrected chi connectivity index (χ3v) is 4.95. The van der Waals surface area contributed by atoms with E-state index in [2.05, 4.69) is 0 Å². The predicted octanol–water partition coefficient (Wildman–Crippen LogP) is 5.84. The summed E-state index contributed by atoms with van der Waals surface area (Å²) in [4.78, 5) is 12.9. The summed E-state index contributed by atoms with van der Waals surface area (Å²) < 4.78 is 30.3. The summed E-state index contributed by atoms with van der Waals surface area (Å²) in [5, 5.41) is 0.719. The molecule has 3 aromatic carbocycles. The van der Waals surface area contributed by atoms with Crippen molar-refractivity contribution < 1.29 is 18.3 Å². The van der Waals surface area contributed by atoms with Crippen molar-refractivity contribution in [2.75, 3.05) is 7.11 Å². The fourth-order valence-electron chi connectivity index (χ4n) is 2.99. The fraction of sp³-hybridized carbons (Fsp3) is 0.0870. The van der Waals surface area contributed by atoms with Gasteiger partial charge in [-0.3, -0.25) is 4.79 Å². The fourth-order valence-corrected chi connectivity index (χ4v) is 3.21. The summed E-state index contributed by atoms with van der Waals surface area (Å²) in [5.41, 5.74) is 1.68. The molecule has 1 heterocycles. The minimum absolute atomic E-state index is 0.0365. The Balaban J connectivity index is 1.62. The van der Waals surface area contributed by atoms with Crippen LogP contribution >= 0.6 is 11.6 Å². The number of hydrogen-bond acceptors (Lipinski definition) is 4. The minimum Gasteiger partial charge on any atom is -0.497 e. The van der Waals surface area contributed by atoms with Gasteiger partial charge in [-0.2, -0.15) is 0 Å². The maximum absolute atomic E-state index is 13.9. The van der Waals surface area contributed by atoms with E-state index < -0.39 is 5.82 Å². The summed E-state index contributed by atoms with van der Waals surface area (Å²) in [6.45, 7) is -0.0365. The van der Waals surface area contributed by atoms with Crippen LogP contribution in [0.3, 0.4) is 0 Å². The molecular formula is C23H16ClFO4. The van der Waals surface area contributed by atoms with Crippen LogP contribution in [-0.4, -0.2) is 7.11 Å². The smallest absolute Gasteiger partial charge is 0.200 e. The Labute approximate surface area is 171 Å². The molecule has 4 aromatic rings. The molecule has 0 fully saturated rings. The van der Waals surface area contributed by atoms with E-state index in [4.69, 9.17) is 25.5 Å². The zero-order valence-electron chi connectivity index (χ0n) is 15.4. The van der Waals surface area contributed by atoms with E-state index >= 15 is 0 Å². The van der Waals surface area contributed by atoms with Gasteiger partial charge in [0.15, 0.2) is 5.43 Å². The van der Waals surface area contributed by atoms with Crippen LogP contribution in [0.25, 0.3) is 22.1 Å². The molecular weight excluding hydrogens is 395 g/mol. The monoisotopic (exact) mass is 410 g/mol. The van der Waals surface area contributed by atoms with Crippen molar-refractivity contribution in [3.05, 3.63) is 93.6 Å². The molecule has 1 aromatic heterocycles. The van der Waals surface area contributed by atoms with E-state index in [9.17, 15) is 9.18 Å². The number of halogens is 2. The molecule has 4 rings (SSSR count). The van der Waals surface area contributed by atoms with Crippen molar-refractivity contribution in [2.24, 2.45) is 0 Å². The first kappa shape index (κ1) is 19.0.